The van der Waals surface area contributed by atoms with E-state index in [9.17, 15) is 13.2 Å². The van der Waals surface area contributed by atoms with E-state index in [0.29, 0.717) is 11.1 Å². The molecule has 0 saturated carbocycles. The van der Waals surface area contributed by atoms with E-state index in [2.05, 4.69) is 20.2 Å². The molecule has 1 aromatic carbocycles. The molecule has 8 nitrogen and oxygen atoms in total. The van der Waals surface area contributed by atoms with Gasteiger partial charge in [-0.25, -0.2) is 18.5 Å². The zero-order chi connectivity index (χ0) is 15.7. The third-order valence-corrected chi connectivity index (χ3v) is 4.91. The molecule has 2 heterocycles. The highest BCUT2D eigenvalue weighted by Gasteiger charge is 2.24. The molecule has 9 heteroatoms. The van der Waals surface area contributed by atoms with Crippen LogP contribution < -0.4 is 5.56 Å². The van der Waals surface area contributed by atoms with Gasteiger partial charge in [-0.3, -0.25) is 4.79 Å². The summed E-state index contributed by atoms with van der Waals surface area (Å²) in [5.41, 5.74) is 1.000. The van der Waals surface area contributed by atoms with Gasteiger partial charge in [0, 0.05) is 30.6 Å². The third kappa shape index (κ3) is 2.51. The number of benzene rings is 1. The molecule has 22 heavy (non-hydrogen) atoms. The summed E-state index contributed by atoms with van der Waals surface area (Å²) < 4.78 is 25.8. The number of aromatic amines is 2. The predicted octanol–water partition coefficient (Wildman–Crippen LogP) is 0.467. The number of H-pyrrole nitrogens is 2. The molecule has 3 aromatic rings. The van der Waals surface area contributed by atoms with Crippen LogP contribution in [0.1, 0.15) is 5.56 Å². The van der Waals surface area contributed by atoms with E-state index in [1.54, 1.807) is 12.1 Å². The number of hydrogen-bond donors (Lipinski definition) is 2. The molecular formula is C13H13N5O3S. The van der Waals surface area contributed by atoms with Crippen molar-refractivity contribution in [2.75, 3.05) is 7.05 Å². The topological polar surface area (TPSA) is 112 Å². The van der Waals surface area contributed by atoms with Gasteiger partial charge in [-0.05, 0) is 11.6 Å². The quantitative estimate of drug-likeness (QED) is 0.726. The Morgan fingerprint density at radius 2 is 2.05 bits per heavy atom. The van der Waals surface area contributed by atoms with Crippen LogP contribution in [0.15, 0.2) is 46.6 Å². The van der Waals surface area contributed by atoms with Gasteiger partial charge >= 0.3 is 0 Å². The fourth-order valence-electron chi connectivity index (χ4n) is 2.20. The number of fused-ring (bicyclic) bond motifs is 1. The van der Waals surface area contributed by atoms with Gasteiger partial charge in [0.25, 0.3) is 15.2 Å². The second kappa shape index (κ2) is 5.35. The number of nitrogens with one attached hydrogen (secondary N) is 2. The van der Waals surface area contributed by atoms with Crippen LogP contribution in [0, 0.1) is 0 Å². The van der Waals surface area contributed by atoms with Crippen LogP contribution in [0.5, 0.6) is 0 Å². The Kier molecular flexibility index (Phi) is 3.51. The normalized spacial score (nSPS) is 12.1. The molecule has 0 unspecified atom stereocenters. The van der Waals surface area contributed by atoms with Crippen molar-refractivity contribution >= 4 is 20.9 Å². The molecule has 2 aromatic heterocycles. The van der Waals surface area contributed by atoms with Crippen molar-refractivity contribution in [3.63, 3.8) is 0 Å². The minimum Gasteiger partial charge on any atom is -0.322 e. The minimum atomic E-state index is -3.78. The number of nitrogens with zero attached hydrogens (tertiary/aromatic N) is 3. The molecular weight excluding hydrogens is 306 g/mol. The van der Waals surface area contributed by atoms with Gasteiger partial charge in [-0.2, -0.15) is 9.40 Å². The van der Waals surface area contributed by atoms with Crippen LogP contribution in [0.3, 0.4) is 0 Å². The van der Waals surface area contributed by atoms with Crippen LogP contribution in [0.4, 0.5) is 0 Å². The minimum absolute atomic E-state index is 0.0491. The Bertz CT molecular complexity index is 963. The highest BCUT2D eigenvalue weighted by atomic mass is 32.2. The van der Waals surface area contributed by atoms with E-state index >= 15 is 0 Å². The van der Waals surface area contributed by atoms with Gasteiger partial charge in [0.05, 0.1) is 0 Å². The molecule has 0 amide bonds. The van der Waals surface area contributed by atoms with Crippen molar-refractivity contribution in [3.8, 4) is 0 Å². The van der Waals surface area contributed by atoms with Crippen LogP contribution in [-0.2, 0) is 16.6 Å². The lowest BCUT2D eigenvalue weighted by Crippen LogP contribution is -2.28. The Morgan fingerprint density at radius 1 is 1.27 bits per heavy atom. The smallest absolute Gasteiger partial charge is 0.278 e. The molecule has 0 saturated heterocycles. The lowest BCUT2D eigenvalue weighted by atomic mass is 10.1. The van der Waals surface area contributed by atoms with Crippen molar-refractivity contribution in [3.05, 3.63) is 52.6 Å². The van der Waals surface area contributed by atoms with E-state index in [-0.39, 0.29) is 17.3 Å². The van der Waals surface area contributed by atoms with Gasteiger partial charge in [0.2, 0.25) is 5.56 Å². The fraction of sp³-hybridized carbons (Fsp3) is 0.154. The maximum absolute atomic E-state index is 12.3. The van der Waals surface area contributed by atoms with Crippen molar-refractivity contribution in [2.45, 2.75) is 11.7 Å². The van der Waals surface area contributed by atoms with Crippen LogP contribution in [0.2, 0.25) is 0 Å². The molecule has 0 aliphatic heterocycles. The first kappa shape index (κ1) is 14.4. The molecule has 0 aliphatic rings. The zero-order valence-electron chi connectivity index (χ0n) is 11.6. The maximum Gasteiger partial charge on any atom is 0.278 e. The average Bonchev–Trinajstić information content (AvgIpc) is 3.02. The van der Waals surface area contributed by atoms with E-state index in [4.69, 9.17) is 0 Å². The summed E-state index contributed by atoms with van der Waals surface area (Å²) >= 11 is 0. The number of pyridine rings is 1. The summed E-state index contributed by atoms with van der Waals surface area (Å²) in [6.07, 6.45) is 1.13. The number of para-hydroxylation sites is 1. The van der Waals surface area contributed by atoms with Crippen LogP contribution >= 0.6 is 0 Å². The Labute approximate surface area is 125 Å². The van der Waals surface area contributed by atoms with Gasteiger partial charge in [-0.15, -0.1) is 0 Å². The predicted molar refractivity (Wildman–Crippen MR) is 79.6 cm³/mol. The first-order valence-corrected chi connectivity index (χ1v) is 7.85. The van der Waals surface area contributed by atoms with Crippen molar-refractivity contribution in [1.29, 1.82) is 0 Å². The van der Waals surface area contributed by atoms with Crippen molar-refractivity contribution in [1.82, 2.24) is 24.5 Å². The molecule has 0 fully saturated rings. The molecule has 0 bridgehead atoms. The summed E-state index contributed by atoms with van der Waals surface area (Å²) in [5, 5.41) is 6.44. The van der Waals surface area contributed by atoms with Crippen LogP contribution in [-0.4, -0.2) is 39.9 Å². The Hall–Kier alpha value is -2.52. The number of sulfonamides is 1. The Balaban J connectivity index is 2.02. The average molecular weight is 319 g/mol. The summed E-state index contributed by atoms with van der Waals surface area (Å²) in [5.74, 6) is 0. The lowest BCUT2D eigenvalue weighted by Gasteiger charge is -2.16. The van der Waals surface area contributed by atoms with E-state index < -0.39 is 10.0 Å². The van der Waals surface area contributed by atoms with Crippen molar-refractivity contribution < 1.29 is 8.42 Å². The molecule has 0 radical (unpaired) electrons. The van der Waals surface area contributed by atoms with Gasteiger partial charge in [0.15, 0.2) is 0 Å². The summed E-state index contributed by atoms with van der Waals surface area (Å²) in [6, 6.07) is 8.63. The zero-order valence-corrected chi connectivity index (χ0v) is 12.5. The largest absolute Gasteiger partial charge is 0.322 e. The third-order valence-electron chi connectivity index (χ3n) is 3.28. The Morgan fingerprint density at radius 3 is 2.77 bits per heavy atom. The first-order chi connectivity index (χ1) is 10.5. The summed E-state index contributed by atoms with van der Waals surface area (Å²) in [6.45, 7) is 0.0491. The first-order valence-electron chi connectivity index (χ1n) is 6.41. The highest BCUT2D eigenvalue weighted by Crippen LogP contribution is 2.18. The van der Waals surface area contributed by atoms with Gasteiger partial charge in [-0.1, -0.05) is 18.2 Å². The van der Waals surface area contributed by atoms with E-state index in [1.165, 1.54) is 13.1 Å². The molecule has 2 N–H and O–H groups in total. The molecule has 3 rings (SSSR count). The van der Waals surface area contributed by atoms with Gasteiger partial charge in [0.1, 0.15) is 6.33 Å². The second-order valence-corrected chi connectivity index (χ2v) is 6.72. The maximum atomic E-state index is 12.3. The lowest BCUT2D eigenvalue weighted by molar-refractivity contribution is 0.461. The molecule has 0 atom stereocenters. The standard InChI is InChI=1S/C13H13N5O3S/c1-18(22(20,21)13-14-8-15-17-13)7-9-6-12(19)16-11-5-3-2-4-10(9)11/h2-6,8H,7H2,1H3,(H,16,19)(H,14,15,17). The number of hydrogen-bond acceptors (Lipinski definition) is 5. The highest BCUT2D eigenvalue weighted by molar-refractivity contribution is 7.88. The fourth-order valence-corrected chi connectivity index (χ4v) is 3.15. The van der Waals surface area contributed by atoms with E-state index in [0.717, 1.165) is 16.0 Å². The summed E-state index contributed by atoms with van der Waals surface area (Å²) in [4.78, 5) is 18.1. The molecule has 114 valence electrons. The molecule has 0 spiro atoms. The van der Waals surface area contributed by atoms with Crippen molar-refractivity contribution in [2.24, 2.45) is 0 Å². The number of rotatable bonds is 4. The SMILES string of the molecule is CN(Cc1cc(=O)[nH]c2ccccc12)S(=O)(=O)c1ncn[nH]1. The summed E-state index contributed by atoms with van der Waals surface area (Å²) in [7, 11) is -2.36. The van der Waals surface area contributed by atoms with Gasteiger partial charge < -0.3 is 4.98 Å². The second-order valence-electron chi connectivity index (χ2n) is 4.76. The number of aromatic nitrogens is 4. The van der Waals surface area contributed by atoms with E-state index in [1.807, 2.05) is 12.1 Å². The van der Waals surface area contributed by atoms with Crippen LogP contribution in [0.25, 0.3) is 10.9 Å². The monoisotopic (exact) mass is 319 g/mol. The molecule has 0 aliphatic carbocycles.